The standard InChI is InChI=1S/C9H10O7/c10-5(1-2-6(11)12)4-3-7(13)16-8(4)9(14)15/h4,8H,1-3H2,(H,11,12)(H,14,15)/p-2/t4-,8-/m1/s1. The first-order chi connectivity index (χ1) is 7.41. The molecule has 0 radical (unpaired) electrons. The Morgan fingerprint density at radius 1 is 1.25 bits per heavy atom. The third kappa shape index (κ3) is 2.78. The number of carboxylic acid groups (broad SMARTS) is 2. The van der Waals surface area contributed by atoms with Gasteiger partial charge in [0.25, 0.3) is 0 Å². The van der Waals surface area contributed by atoms with E-state index in [-0.39, 0.29) is 12.8 Å². The van der Waals surface area contributed by atoms with Gasteiger partial charge in [-0.15, -0.1) is 0 Å². The molecule has 1 saturated heterocycles. The van der Waals surface area contributed by atoms with Crippen LogP contribution in [0.5, 0.6) is 0 Å². The number of ketones is 1. The van der Waals surface area contributed by atoms with Gasteiger partial charge in [-0.25, -0.2) is 0 Å². The number of carboxylic acids is 2. The Labute approximate surface area is 90.0 Å². The van der Waals surface area contributed by atoms with Crippen molar-refractivity contribution in [1.82, 2.24) is 0 Å². The largest absolute Gasteiger partial charge is 0.550 e. The predicted octanol–water partition coefficient (Wildman–Crippen LogP) is -3.23. The molecule has 0 N–H and O–H groups in total. The van der Waals surface area contributed by atoms with Crippen LogP contribution in [-0.2, 0) is 23.9 Å². The second-order valence-corrected chi connectivity index (χ2v) is 3.38. The molecule has 16 heavy (non-hydrogen) atoms. The summed E-state index contributed by atoms with van der Waals surface area (Å²) in [6.07, 6.45) is -2.86. The summed E-state index contributed by atoms with van der Waals surface area (Å²) in [5.41, 5.74) is 0. The maximum absolute atomic E-state index is 11.4. The number of aliphatic carboxylic acids is 2. The monoisotopic (exact) mass is 228 g/mol. The Morgan fingerprint density at radius 2 is 1.88 bits per heavy atom. The van der Waals surface area contributed by atoms with Crippen molar-refractivity contribution in [2.75, 3.05) is 0 Å². The summed E-state index contributed by atoms with van der Waals surface area (Å²) in [6.45, 7) is 0. The molecule has 1 aliphatic heterocycles. The van der Waals surface area contributed by atoms with Crippen molar-refractivity contribution in [3.05, 3.63) is 0 Å². The van der Waals surface area contributed by atoms with E-state index in [1.165, 1.54) is 0 Å². The minimum atomic E-state index is -1.65. The van der Waals surface area contributed by atoms with Crippen LogP contribution in [0.4, 0.5) is 0 Å². The number of cyclic esters (lactones) is 1. The predicted molar refractivity (Wildman–Crippen MR) is 42.2 cm³/mol. The third-order valence-corrected chi connectivity index (χ3v) is 2.23. The van der Waals surface area contributed by atoms with E-state index in [1.807, 2.05) is 0 Å². The van der Waals surface area contributed by atoms with Crippen molar-refractivity contribution < 1.29 is 34.1 Å². The van der Waals surface area contributed by atoms with Crippen molar-refractivity contribution in [3.63, 3.8) is 0 Å². The van der Waals surface area contributed by atoms with E-state index in [1.54, 1.807) is 0 Å². The zero-order chi connectivity index (χ0) is 12.3. The van der Waals surface area contributed by atoms with Gasteiger partial charge in [-0.2, -0.15) is 0 Å². The van der Waals surface area contributed by atoms with Crippen molar-refractivity contribution >= 4 is 23.7 Å². The molecule has 1 rings (SSSR count). The molecule has 0 spiro atoms. The molecule has 0 aliphatic carbocycles. The Hall–Kier alpha value is -1.92. The number of hydrogen-bond acceptors (Lipinski definition) is 7. The highest BCUT2D eigenvalue weighted by atomic mass is 16.6. The topological polar surface area (TPSA) is 124 Å². The van der Waals surface area contributed by atoms with Crippen LogP contribution in [0.1, 0.15) is 19.3 Å². The van der Waals surface area contributed by atoms with Crippen molar-refractivity contribution in [3.8, 4) is 0 Å². The summed E-state index contributed by atoms with van der Waals surface area (Å²) >= 11 is 0. The summed E-state index contributed by atoms with van der Waals surface area (Å²) in [5.74, 6) is -5.68. The van der Waals surface area contributed by atoms with Gasteiger partial charge in [-0.1, -0.05) is 0 Å². The van der Waals surface area contributed by atoms with E-state index in [4.69, 9.17) is 0 Å². The zero-order valence-electron chi connectivity index (χ0n) is 8.13. The van der Waals surface area contributed by atoms with Crippen molar-refractivity contribution in [2.45, 2.75) is 25.4 Å². The number of esters is 1. The fraction of sp³-hybridized carbons (Fsp3) is 0.556. The first-order valence-corrected chi connectivity index (χ1v) is 4.54. The second-order valence-electron chi connectivity index (χ2n) is 3.38. The van der Waals surface area contributed by atoms with Crippen LogP contribution < -0.4 is 10.2 Å². The van der Waals surface area contributed by atoms with Crippen LogP contribution in [0.15, 0.2) is 0 Å². The molecule has 0 bridgehead atoms. The molecule has 1 heterocycles. The fourth-order valence-electron chi connectivity index (χ4n) is 1.46. The summed E-state index contributed by atoms with van der Waals surface area (Å²) in [7, 11) is 0. The van der Waals surface area contributed by atoms with Gasteiger partial charge in [-0.05, 0) is 6.42 Å². The Kier molecular flexibility index (Phi) is 3.60. The molecular weight excluding hydrogens is 220 g/mol. The highest BCUT2D eigenvalue weighted by Gasteiger charge is 2.39. The molecule has 88 valence electrons. The minimum absolute atomic E-state index is 0.357. The number of carbonyl (C=O) groups is 4. The molecule has 0 saturated carbocycles. The van der Waals surface area contributed by atoms with Crippen LogP contribution in [-0.4, -0.2) is 29.8 Å². The minimum Gasteiger partial charge on any atom is -0.550 e. The van der Waals surface area contributed by atoms with Crippen molar-refractivity contribution in [2.24, 2.45) is 5.92 Å². The smallest absolute Gasteiger partial charge is 0.307 e. The number of hydrogen-bond donors (Lipinski definition) is 0. The molecule has 1 aliphatic rings. The Balaban J connectivity index is 2.63. The zero-order valence-corrected chi connectivity index (χ0v) is 8.13. The third-order valence-electron chi connectivity index (χ3n) is 2.23. The van der Waals surface area contributed by atoms with Gasteiger partial charge >= 0.3 is 5.97 Å². The Morgan fingerprint density at radius 3 is 2.38 bits per heavy atom. The van der Waals surface area contributed by atoms with Gasteiger partial charge in [-0.3, -0.25) is 9.59 Å². The van der Waals surface area contributed by atoms with E-state index in [9.17, 15) is 29.4 Å². The van der Waals surface area contributed by atoms with Crippen LogP contribution in [0.2, 0.25) is 0 Å². The van der Waals surface area contributed by atoms with Crippen LogP contribution in [0, 0.1) is 5.92 Å². The first-order valence-electron chi connectivity index (χ1n) is 4.54. The van der Waals surface area contributed by atoms with E-state index in [2.05, 4.69) is 4.74 Å². The number of rotatable bonds is 5. The highest BCUT2D eigenvalue weighted by molar-refractivity contribution is 5.94. The Bertz CT molecular complexity index is 346. The quantitative estimate of drug-likeness (QED) is 0.453. The van der Waals surface area contributed by atoms with Crippen LogP contribution in [0.3, 0.4) is 0 Å². The first kappa shape index (κ1) is 12.2. The van der Waals surface area contributed by atoms with Crippen molar-refractivity contribution in [1.29, 1.82) is 0 Å². The molecule has 0 aromatic heterocycles. The summed E-state index contributed by atoms with van der Waals surface area (Å²) in [6, 6.07) is 0. The molecule has 0 aromatic rings. The van der Waals surface area contributed by atoms with E-state index >= 15 is 0 Å². The lowest BCUT2D eigenvalue weighted by atomic mass is 9.93. The van der Waals surface area contributed by atoms with E-state index < -0.39 is 42.1 Å². The molecule has 0 aromatic carbocycles. The maximum Gasteiger partial charge on any atom is 0.307 e. The van der Waals surface area contributed by atoms with Gasteiger partial charge in [0.2, 0.25) is 0 Å². The maximum atomic E-state index is 11.4. The van der Waals surface area contributed by atoms with Gasteiger partial charge in [0, 0.05) is 12.4 Å². The lowest BCUT2D eigenvalue weighted by molar-refractivity contribution is -0.315. The average molecular weight is 228 g/mol. The van der Waals surface area contributed by atoms with Gasteiger partial charge in [0.1, 0.15) is 5.78 Å². The van der Waals surface area contributed by atoms with Crippen LogP contribution in [0.25, 0.3) is 0 Å². The molecule has 0 unspecified atom stereocenters. The SMILES string of the molecule is O=C([O-])CCC(=O)[C@H]1CC(=O)O[C@H]1C(=O)[O-]. The van der Waals surface area contributed by atoms with Crippen LogP contribution >= 0.6 is 0 Å². The summed E-state index contributed by atoms with van der Waals surface area (Å²) < 4.78 is 4.38. The molecule has 7 heteroatoms. The molecule has 0 amide bonds. The average Bonchev–Trinajstić information content (AvgIpc) is 2.56. The molecule has 1 fully saturated rings. The molecular formula is C9H8O7-2. The lowest BCUT2D eigenvalue weighted by Gasteiger charge is -2.17. The second kappa shape index (κ2) is 4.73. The van der Waals surface area contributed by atoms with Gasteiger partial charge in [0.15, 0.2) is 6.10 Å². The summed E-state index contributed by atoms with van der Waals surface area (Å²) in [5, 5.41) is 20.6. The summed E-state index contributed by atoms with van der Waals surface area (Å²) in [4.78, 5) is 42.9. The number of carbonyl (C=O) groups excluding carboxylic acids is 4. The van der Waals surface area contributed by atoms with Gasteiger partial charge in [0.05, 0.1) is 18.3 Å². The normalized spacial score (nSPS) is 23.9. The van der Waals surface area contributed by atoms with E-state index in [0.29, 0.717) is 0 Å². The molecule has 7 nitrogen and oxygen atoms in total. The lowest BCUT2D eigenvalue weighted by Crippen LogP contribution is -2.41. The highest BCUT2D eigenvalue weighted by Crippen LogP contribution is 2.24. The number of ether oxygens (including phenoxy) is 1. The fourth-order valence-corrected chi connectivity index (χ4v) is 1.46. The molecule has 2 atom stereocenters. The van der Waals surface area contributed by atoms with E-state index in [0.717, 1.165) is 0 Å². The van der Waals surface area contributed by atoms with Gasteiger partial charge < -0.3 is 24.5 Å². The number of Topliss-reactive ketones (excluding diaryl/α,β-unsaturated/α-hetero) is 1.